The van der Waals surface area contributed by atoms with Gasteiger partial charge in [-0.1, -0.05) is 29.3 Å². The highest BCUT2D eigenvalue weighted by atomic mass is 35.5. The number of amides is 1. The molecule has 0 unspecified atom stereocenters. The minimum Gasteiger partial charge on any atom is -0.355 e. The van der Waals surface area contributed by atoms with Crippen LogP contribution < -0.4 is 4.90 Å². The number of halogens is 5. The molecule has 0 aliphatic carbocycles. The van der Waals surface area contributed by atoms with Crippen molar-refractivity contribution in [3.63, 3.8) is 0 Å². The van der Waals surface area contributed by atoms with Crippen LogP contribution in [0.2, 0.25) is 10.0 Å². The summed E-state index contributed by atoms with van der Waals surface area (Å²) in [6, 6.07) is 8.32. The number of carbonyl (C=O) groups is 1. The van der Waals surface area contributed by atoms with Crippen LogP contribution in [0.15, 0.2) is 30.3 Å². The van der Waals surface area contributed by atoms with Gasteiger partial charge in [-0.2, -0.15) is 17.7 Å². The van der Waals surface area contributed by atoms with E-state index in [4.69, 9.17) is 23.2 Å². The van der Waals surface area contributed by atoms with E-state index < -0.39 is 12.0 Å². The summed E-state index contributed by atoms with van der Waals surface area (Å²) < 4.78 is 40.0. The first-order chi connectivity index (χ1) is 15.1. The molecule has 0 N–H and O–H groups in total. The molecule has 2 aromatic heterocycles. The zero-order valence-corrected chi connectivity index (χ0v) is 18.5. The SMILES string of the molecule is CN(Cc1ccc(Cl)c(Cl)c1)C(=O)C1CCN(c2ccc3nnc(C(F)(F)F)n3n2)CC1. The second-order valence-corrected chi connectivity index (χ2v) is 8.50. The monoisotopic (exact) mass is 486 g/mol. The van der Waals surface area contributed by atoms with Gasteiger partial charge in [0.1, 0.15) is 5.82 Å². The van der Waals surface area contributed by atoms with Crippen LogP contribution in [-0.2, 0) is 17.5 Å². The zero-order valence-electron chi connectivity index (χ0n) is 17.0. The molecular formula is C20H19Cl2F3N6O. The average Bonchev–Trinajstić information content (AvgIpc) is 3.20. The molecule has 0 radical (unpaired) electrons. The molecule has 12 heteroatoms. The summed E-state index contributed by atoms with van der Waals surface area (Å²) in [4.78, 5) is 16.4. The highest BCUT2D eigenvalue weighted by molar-refractivity contribution is 6.42. The Bertz CT molecular complexity index is 1140. The van der Waals surface area contributed by atoms with Crippen LogP contribution in [-0.4, -0.2) is 50.8 Å². The quantitative estimate of drug-likeness (QED) is 0.549. The Labute approximate surface area is 191 Å². The number of aromatic nitrogens is 4. The van der Waals surface area contributed by atoms with Crippen molar-refractivity contribution < 1.29 is 18.0 Å². The van der Waals surface area contributed by atoms with E-state index in [-0.39, 0.29) is 17.5 Å². The Hall–Kier alpha value is -2.59. The van der Waals surface area contributed by atoms with Crippen molar-refractivity contribution in [1.82, 2.24) is 24.7 Å². The predicted octanol–water partition coefficient (Wildman–Crippen LogP) is 4.32. The number of hydrogen-bond donors (Lipinski definition) is 0. The van der Waals surface area contributed by atoms with Crippen molar-refractivity contribution in [2.75, 3.05) is 25.0 Å². The Morgan fingerprint density at radius 1 is 1.12 bits per heavy atom. The van der Waals surface area contributed by atoms with Crippen molar-refractivity contribution >= 4 is 40.6 Å². The van der Waals surface area contributed by atoms with E-state index in [1.807, 2.05) is 11.0 Å². The van der Waals surface area contributed by atoms with Gasteiger partial charge < -0.3 is 9.80 Å². The van der Waals surface area contributed by atoms with Crippen LogP contribution in [0.4, 0.5) is 19.0 Å². The van der Waals surface area contributed by atoms with Crippen LogP contribution in [0, 0.1) is 5.92 Å². The number of nitrogens with zero attached hydrogens (tertiary/aromatic N) is 6. The highest BCUT2D eigenvalue weighted by Crippen LogP contribution is 2.29. The van der Waals surface area contributed by atoms with Crippen molar-refractivity contribution in [2.24, 2.45) is 5.92 Å². The fourth-order valence-corrected chi connectivity index (χ4v) is 4.10. The summed E-state index contributed by atoms with van der Waals surface area (Å²) in [5.74, 6) is -0.943. The van der Waals surface area contributed by atoms with Crippen molar-refractivity contribution in [2.45, 2.75) is 25.6 Å². The molecule has 1 amide bonds. The maximum absolute atomic E-state index is 13.1. The lowest BCUT2D eigenvalue weighted by Crippen LogP contribution is -2.41. The molecule has 32 heavy (non-hydrogen) atoms. The first-order valence-electron chi connectivity index (χ1n) is 9.87. The summed E-state index contributed by atoms with van der Waals surface area (Å²) in [5, 5.41) is 11.7. The molecule has 1 aromatic carbocycles. The lowest BCUT2D eigenvalue weighted by molar-refractivity contribution is -0.146. The van der Waals surface area contributed by atoms with Crippen LogP contribution >= 0.6 is 23.2 Å². The summed E-state index contributed by atoms with van der Waals surface area (Å²) in [6.45, 7) is 1.40. The molecule has 1 aliphatic rings. The van der Waals surface area contributed by atoms with Crippen LogP contribution in [0.3, 0.4) is 0 Å². The van der Waals surface area contributed by atoms with E-state index >= 15 is 0 Å². The van der Waals surface area contributed by atoms with E-state index in [1.165, 1.54) is 6.07 Å². The minimum atomic E-state index is -4.65. The smallest absolute Gasteiger partial charge is 0.355 e. The summed E-state index contributed by atoms with van der Waals surface area (Å²) >= 11 is 12.0. The predicted molar refractivity (Wildman–Crippen MR) is 114 cm³/mol. The van der Waals surface area contributed by atoms with E-state index in [0.717, 1.165) is 5.56 Å². The molecule has 0 saturated carbocycles. The average molecular weight is 487 g/mol. The summed E-state index contributed by atoms with van der Waals surface area (Å²) in [6.07, 6.45) is -3.51. The maximum Gasteiger partial charge on any atom is 0.453 e. The van der Waals surface area contributed by atoms with Crippen LogP contribution in [0.1, 0.15) is 24.2 Å². The number of anilines is 1. The number of hydrogen-bond acceptors (Lipinski definition) is 5. The second kappa shape index (κ2) is 8.74. The van der Waals surface area contributed by atoms with Gasteiger partial charge in [-0.15, -0.1) is 15.3 Å². The molecule has 170 valence electrons. The number of fused-ring (bicyclic) bond motifs is 1. The molecule has 3 aromatic rings. The molecule has 7 nitrogen and oxygen atoms in total. The zero-order chi connectivity index (χ0) is 23.0. The van der Waals surface area contributed by atoms with Gasteiger partial charge in [-0.05, 0) is 42.7 Å². The third kappa shape index (κ3) is 4.61. The van der Waals surface area contributed by atoms with E-state index in [1.54, 1.807) is 30.1 Å². The van der Waals surface area contributed by atoms with Gasteiger partial charge >= 0.3 is 6.18 Å². The molecule has 0 bridgehead atoms. The lowest BCUT2D eigenvalue weighted by atomic mass is 9.95. The Balaban J connectivity index is 1.40. The van der Waals surface area contributed by atoms with Gasteiger partial charge in [-0.25, -0.2) is 0 Å². The third-order valence-corrected chi connectivity index (χ3v) is 6.19. The van der Waals surface area contributed by atoms with Crippen molar-refractivity contribution in [3.8, 4) is 0 Å². The van der Waals surface area contributed by atoms with Gasteiger partial charge in [0.15, 0.2) is 5.65 Å². The Morgan fingerprint density at radius 3 is 2.50 bits per heavy atom. The number of rotatable bonds is 4. The number of alkyl halides is 3. The number of piperidine rings is 1. The normalized spacial score (nSPS) is 15.4. The van der Waals surface area contributed by atoms with Crippen LogP contribution in [0.5, 0.6) is 0 Å². The van der Waals surface area contributed by atoms with E-state index in [9.17, 15) is 18.0 Å². The fourth-order valence-electron chi connectivity index (χ4n) is 3.78. The largest absolute Gasteiger partial charge is 0.453 e. The van der Waals surface area contributed by atoms with Crippen molar-refractivity contribution in [1.29, 1.82) is 0 Å². The lowest BCUT2D eigenvalue weighted by Gasteiger charge is -2.33. The van der Waals surface area contributed by atoms with Gasteiger partial charge in [0.2, 0.25) is 5.91 Å². The Morgan fingerprint density at radius 2 is 1.84 bits per heavy atom. The summed E-state index contributed by atoms with van der Waals surface area (Å²) in [7, 11) is 1.73. The topological polar surface area (TPSA) is 66.6 Å². The second-order valence-electron chi connectivity index (χ2n) is 7.69. The van der Waals surface area contributed by atoms with E-state index in [0.29, 0.717) is 52.9 Å². The van der Waals surface area contributed by atoms with Crippen molar-refractivity contribution in [3.05, 3.63) is 51.8 Å². The molecular weight excluding hydrogens is 468 g/mol. The first-order valence-corrected chi connectivity index (χ1v) is 10.6. The fraction of sp³-hybridized carbons (Fsp3) is 0.400. The van der Waals surface area contributed by atoms with Gasteiger partial charge in [0.25, 0.3) is 5.82 Å². The number of carbonyl (C=O) groups excluding carboxylic acids is 1. The number of benzene rings is 1. The van der Waals surface area contributed by atoms with E-state index in [2.05, 4.69) is 15.3 Å². The molecule has 3 heterocycles. The highest BCUT2D eigenvalue weighted by Gasteiger charge is 2.38. The standard InChI is InChI=1S/C20H19Cl2F3N6O/c1-29(11-12-2-3-14(21)15(22)10-12)18(32)13-6-8-30(9-7-13)17-5-4-16-26-27-19(20(23,24)25)31(16)28-17/h2-5,10,13H,6-9,11H2,1H3. The first kappa shape index (κ1) is 22.6. The van der Waals surface area contributed by atoms with Crippen LogP contribution in [0.25, 0.3) is 5.65 Å². The third-order valence-electron chi connectivity index (χ3n) is 5.45. The molecule has 1 saturated heterocycles. The molecule has 1 aliphatic heterocycles. The molecule has 1 fully saturated rings. The molecule has 0 spiro atoms. The van der Waals surface area contributed by atoms with Gasteiger partial charge in [-0.3, -0.25) is 4.79 Å². The van der Waals surface area contributed by atoms with Gasteiger partial charge in [0, 0.05) is 32.6 Å². The molecule has 0 atom stereocenters. The minimum absolute atomic E-state index is 0.0114. The molecule has 4 rings (SSSR count). The van der Waals surface area contributed by atoms with Gasteiger partial charge in [0.05, 0.1) is 10.0 Å². The Kier molecular flexibility index (Phi) is 6.17. The summed E-state index contributed by atoms with van der Waals surface area (Å²) in [5.41, 5.74) is 0.898. The maximum atomic E-state index is 13.1.